The molecular weight excluding hydrogens is 250 g/mol. The van der Waals surface area contributed by atoms with Crippen LogP contribution in [0.15, 0.2) is 18.2 Å². The molecule has 1 unspecified atom stereocenters. The summed E-state index contributed by atoms with van der Waals surface area (Å²) in [4.78, 5) is 0. The van der Waals surface area contributed by atoms with E-state index < -0.39 is 0 Å². The monoisotopic (exact) mass is 275 g/mol. The van der Waals surface area contributed by atoms with Crippen molar-refractivity contribution in [3.8, 4) is 11.5 Å². The molecule has 0 bridgehead atoms. The molecular formula is C17H25NO2. The van der Waals surface area contributed by atoms with Crippen molar-refractivity contribution in [1.29, 1.82) is 0 Å². The lowest BCUT2D eigenvalue weighted by molar-refractivity contribution is 0.129. The SMILES string of the molecule is CCC1CCC(Oc2ccc3c(c2)OCC3NC)CC1. The summed E-state index contributed by atoms with van der Waals surface area (Å²) in [6.07, 6.45) is 6.70. The summed E-state index contributed by atoms with van der Waals surface area (Å²) in [6.45, 7) is 3.01. The number of hydrogen-bond acceptors (Lipinski definition) is 3. The van der Waals surface area contributed by atoms with Crippen molar-refractivity contribution in [2.75, 3.05) is 13.7 Å². The topological polar surface area (TPSA) is 30.5 Å². The summed E-state index contributed by atoms with van der Waals surface area (Å²) in [5.41, 5.74) is 1.24. The molecule has 1 fully saturated rings. The van der Waals surface area contributed by atoms with Gasteiger partial charge < -0.3 is 14.8 Å². The van der Waals surface area contributed by atoms with Crippen LogP contribution >= 0.6 is 0 Å². The Morgan fingerprint density at radius 1 is 1.25 bits per heavy atom. The molecule has 3 heteroatoms. The van der Waals surface area contributed by atoms with Gasteiger partial charge in [0.05, 0.1) is 12.1 Å². The largest absolute Gasteiger partial charge is 0.491 e. The molecule has 3 nitrogen and oxygen atoms in total. The van der Waals surface area contributed by atoms with Gasteiger partial charge in [-0.25, -0.2) is 0 Å². The molecule has 0 radical (unpaired) electrons. The lowest BCUT2D eigenvalue weighted by Gasteiger charge is -2.28. The number of likely N-dealkylation sites (N-methyl/N-ethyl adjacent to an activating group) is 1. The lowest BCUT2D eigenvalue weighted by atomic mass is 9.86. The average molecular weight is 275 g/mol. The molecule has 3 rings (SSSR count). The predicted octanol–water partition coefficient (Wildman–Crippen LogP) is 3.69. The van der Waals surface area contributed by atoms with Gasteiger partial charge >= 0.3 is 0 Å². The van der Waals surface area contributed by atoms with Crippen molar-refractivity contribution in [2.24, 2.45) is 5.92 Å². The summed E-state index contributed by atoms with van der Waals surface area (Å²) >= 11 is 0. The molecule has 0 amide bonds. The summed E-state index contributed by atoms with van der Waals surface area (Å²) in [5, 5.41) is 3.27. The van der Waals surface area contributed by atoms with Crippen molar-refractivity contribution in [3.63, 3.8) is 0 Å². The van der Waals surface area contributed by atoms with E-state index in [1.54, 1.807) is 0 Å². The van der Waals surface area contributed by atoms with Crippen LogP contribution in [-0.4, -0.2) is 19.8 Å². The Kier molecular flexibility index (Phi) is 4.16. The standard InChI is InChI=1S/C17H25NO2/c1-3-12-4-6-13(7-5-12)20-14-8-9-15-16(18-2)11-19-17(15)10-14/h8-10,12-13,16,18H,3-7,11H2,1-2H3. The predicted molar refractivity (Wildman–Crippen MR) is 80.4 cm³/mol. The van der Waals surface area contributed by atoms with E-state index >= 15 is 0 Å². The quantitative estimate of drug-likeness (QED) is 0.909. The van der Waals surface area contributed by atoms with Crippen LogP contribution in [0.3, 0.4) is 0 Å². The smallest absolute Gasteiger partial charge is 0.127 e. The van der Waals surface area contributed by atoms with Gasteiger partial charge in [-0.2, -0.15) is 0 Å². The Morgan fingerprint density at radius 2 is 2.05 bits per heavy atom. The molecule has 20 heavy (non-hydrogen) atoms. The minimum absolute atomic E-state index is 0.319. The van der Waals surface area contributed by atoms with Gasteiger partial charge in [-0.05, 0) is 50.8 Å². The fourth-order valence-corrected chi connectivity index (χ4v) is 3.35. The second-order valence-corrected chi connectivity index (χ2v) is 6.02. The molecule has 0 saturated heterocycles. The highest BCUT2D eigenvalue weighted by Gasteiger charge is 2.25. The van der Waals surface area contributed by atoms with E-state index in [9.17, 15) is 0 Å². The maximum absolute atomic E-state index is 6.14. The summed E-state index contributed by atoms with van der Waals surface area (Å²) in [5.74, 6) is 2.85. The van der Waals surface area contributed by atoms with Crippen LogP contribution in [0.4, 0.5) is 0 Å². The highest BCUT2D eigenvalue weighted by Crippen LogP contribution is 2.36. The van der Waals surface area contributed by atoms with E-state index in [1.165, 1.54) is 37.7 Å². The molecule has 2 aliphatic rings. The Hall–Kier alpha value is -1.22. The van der Waals surface area contributed by atoms with Gasteiger partial charge in [0.25, 0.3) is 0 Å². The van der Waals surface area contributed by atoms with Gasteiger partial charge in [-0.15, -0.1) is 0 Å². The van der Waals surface area contributed by atoms with Gasteiger partial charge in [-0.1, -0.05) is 13.3 Å². The molecule has 1 aromatic carbocycles. The fraction of sp³-hybridized carbons (Fsp3) is 0.647. The number of benzene rings is 1. The Bertz CT molecular complexity index is 452. The van der Waals surface area contributed by atoms with Gasteiger partial charge in [0.2, 0.25) is 0 Å². The Morgan fingerprint density at radius 3 is 2.75 bits per heavy atom. The van der Waals surface area contributed by atoms with Crippen molar-refractivity contribution >= 4 is 0 Å². The zero-order valence-corrected chi connectivity index (χ0v) is 12.5. The molecule has 1 atom stereocenters. The van der Waals surface area contributed by atoms with Crippen molar-refractivity contribution < 1.29 is 9.47 Å². The number of ether oxygens (including phenoxy) is 2. The summed E-state index contributed by atoms with van der Waals surface area (Å²) < 4.78 is 11.9. The Labute approximate surface area is 121 Å². The fourth-order valence-electron chi connectivity index (χ4n) is 3.35. The second kappa shape index (κ2) is 6.04. The van der Waals surface area contributed by atoms with Crippen molar-refractivity contribution in [1.82, 2.24) is 5.32 Å². The molecule has 110 valence electrons. The first kappa shape index (κ1) is 13.7. The summed E-state index contributed by atoms with van der Waals surface area (Å²) in [7, 11) is 1.97. The molecule has 1 N–H and O–H groups in total. The Balaban J connectivity index is 1.62. The molecule has 1 aliphatic carbocycles. The van der Waals surface area contributed by atoms with Crippen LogP contribution in [0.25, 0.3) is 0 Å². The molecule has 0 spiro atoms. The third-order valence-corrected chi connectivity index (χ3v) is 4.79. The van der Waals surface area contributed by atoms with E-state index in [1.807, 2.05) is 7.05 Å². The highest BCUT2D eigenvalue weighted by atomic mass is 16.5. The minimum Gasteiger partial charge on any atom is -0.491 e. The van der Waals surface area contributed by atoms with Gasteiger partial charge in [0.1, 0.15) is 18.1 Å². The first-order valence-electron chi connectivity index (χ1n) is 7.90. The summed E-state index contributed by atoms with van der Waals surface area (Å²) in [6, 6.07) is 6.60. The minimum atomic E-state index is 0.319. The second-order valence-electron chi connectivity index (χ2n) is 6.02. The van der Waals surface area contributed by atoms with Crippen LogP contribution in [-0.2, 0) is 0 Å². The third-order valence-electron chi connectivity index (χ3n) is 4.79. The number of fused-ring (bicyclic) bond motifs is 1. The maximum Gasteiger partial charge on any atom is 0.127 e. The third kappa shape index (κ3) is 2.78. The number of rotatable bonds is 4. The average Bonchev–Trinajstić information content (AvgIpc) is 2.90. The van der Waals surface area contributed by atoms with E-state index in [0.29, 0.717) is 12.1 Å². The zero-order valence-electron chi connectivity index (χ0n) is 12.5. The number of nitrogens with one attached hydrogen (secondary N) is 1. The van der Waals surface area contributed by atoms with Gasteiger partial charge in [0, 0.05) is 11.6 Å². The van der Waals surface area contributed by atoms with Crippen LogP contribution in [0.5, 0.6) is 11.5 Å². The van der Waals surface area contributed by atoms with Crippen LogP contribution in [0.1, 0.15) is 50.6 Å². The lowest BCUT2D eigenvalue weighted by Crippen LogP contribution is -2.23. The van der Waals surface area contributed by atoms with Crippen LogP contribution < -0.4 is 14.8 Å². The van der Waals surface area contributed by atoms with Crippen LogP contribution in [0, 0.1) is 5.92 Å². The van der Waals surface area contributed by atoms with E-state index in [0.717, 1.165) is 24.0 Å². The van der Waals surface area contributed by atoms with E-state index in [2.05, 4.69) is 30.4 Å². The first-order chi connectivity index (χ1) is 9.80. The molecule has 0 aromatic heterocycles. The van der Waals surface area contributed by atoms with Crippen LogP contribution in [0.2, 0.25) is 0 Å². The van der Waals surface area contributed by atoms with E-state index in [-0.39, 0.29) is 0 Å². The molecule has 1 heterocycles. The van der Waals surface area contributed by atoms with Gasteiger partial charge in [-0.3, -0.25) is 0 Å². The number of hydrogen-bond donors (Lipinski definition) is 1. The zero-order chi connectivity index (χ0) is 13.9. The van der Waals surface area contributed by atoms with Crippen molar-refractivity contribution in [3.05, 3.63) is 23.8 Å². The van der Waals surface area contributed by atoms with Gasteiger partial charge in [0.15, 0.2) is 0 Å². The van der Waals surface area contributed by atoms with E-state index in [4.69, 9.17) is 9.47 Å². The maximum atomic E-state index is 6.14. The highest BCUT2D eigenvalue weighted by molar-refractivity contribution is 5.45. The normalized spacial score (nSPS) is 28.8. The molecule has 1 aromatic rings. The first-order valence-corrected chi connectivity index (χ1v) is 7.90. The molecule has 1 saturated carbocycles. The van der Waals surface area contributed by atoms with Crippen molar-refractivity contribution in [2.45, 2.75) is 51.2 Å². The molecule has 1 aliphatic heterocycles.